The second-order valence-electron chi connectivity index (χ2n) is 3.86. The number of nitrogens with zero attached hydrogens (tertiary/aromatic N) is 2. The molecule has 1 heterocycles. The Labute approximate surface area is 108 Å². The predicted molar refractivity (Wildman–Crippen MR) is 63.6 cm³/mol. The molecular formula is C11H9FN2O4S. The molecule has 0 unspecified atom stereocenters. The first-order valence-electron chi connectivity index (χ1n) is 5.07. The van der Waals surface area contributed by atoms with Crippen LogP contribution in [0.15, 0.2) is 35.5 Å². The lowest BCUT2D eigenvalue weighted by Gasteiger charge is -2.03. The number of carboxylic acids is 1. The highest BCUT2D eigenvalue weighted by atomic mass is 32.2. The molecule has 6 nitrogen and oxygen atoms in total. The Morgan fingerprint density at radius 2 is 2.11 bits per heavy atom. The third-order valence-corrected chi connectivity index (χ3v) is 3.50. The van der Waals surface area contributed by atoms with Gasteiger partial charge in [0.2, 0.25) is 0 Å². The molecule has 0 spiro atoms. The molecule has 100 valence electrons. The van der Waals surface area contributed by atoms with Crippen LogP contribution in [0.1, 0.15) is 10.4 Å². The standard InChI is InChI=1S/C11H9FN2O4S/c1-19(17,18)8-5-13-14(6-8)10-3-2-7(11(15)16)4-9(10)12/h2-6H,1H3,(H,15,16). The number of carboxylic acid groups (broad SMARTS) is 1. The largest absolute Gasteiger partial charge is 0.478 e. The highest BCUT2D eigenvalue weighted by molar-refractivity contribution is 7.90. The molecular weight excluding hydrogens is 275 g/mol. The van der Waals surface area contributed by atoms with E-state index < -0.39 is 21.6 Å². The Morgan fingerprint density at radius 1 is 1.42 bits per heavy atom. The van der Waals surface area contributed by atoms with Crippen LogP contribution in [0.2, 0.25) is 0 Å². The molecule has 1 N–H and O–H groups in total. The fourth-order valence-electron chi connectivity index (χ4n) is 1.46. The maximum Gasteiger partial charge on any atom is 0.335 e. The molecule has 0 bridgehead atoms. The Morgan fingerprint density at radius 3 is 2.58 bits per heavy atom. The number of sulfone groups is 1. The van der Waals surface area contributed by atoms with E-state index in [1.165, 1.54) is 12.1 Å². The van der Waals surface area contributed by atoms with Gasteiger partial charge in [0.1, 0.15) is 16.4 Å². The summed E-state index contributed by atoms with van der Waals surface area (Å²) in [4.78, 5) is 10.6. The summed E-state index contributed by atoms with van der Waals surface area (Å²) >= 11 is 0. The van der Waals surface area contributed by atoms with Crippen LogP contribution in [-0.2, 0) is 9.84 Å². The fraction of sp³-hybridized carbons (Fsp3) is 0.0909. The van der Waals surface area contributed by atoms with Crippen molar-refractivity contribution < 1.29 is 22.7 Å². The number of aromatic nitrogens is 2. The van der Waals surface area contributed by atoms with Gasteiger partial charge in [-0.2, -0.15) is 5.10 Å². The van der Waals surface area contributed by atoms with E-state index in [9.17, 15) is 17.6 Å². The number of benzene rings is 1. The minimum atomic E-state index is -3.42. The molecule has 1 aromatic heterocycles. The zero-order chi connectivity index (χ0) is 14.2. The van der Waals surface area contributed by atoms with Gasteiger partial charge in [-0.3, -0.25) is 0 Å². The van der Waals surface area contributed by atoms with Crippen molar-refractivity contribution in [2.75, 3.05) is 6.26 Å². The molecule has 0 amide bonds. The molecule has 8 heteroatoms. The van der Waals surface area contributed by atoms with E-state index in [1.54, 1.807) is 0 Å². The molecule has 1 aromatic carbocycles. The Bertz CT molecular complexity index is 752. The molecule has 0 saturated heterocycles. The summed E-state index contributed by atoms with van der Waals surface area (Å²) in [6, 6.07) is 3.28. The minimum absolute atomic E-state index is 0.0279. The third-order valence-electron chi connectivity index (χ3n) is 2.43. The Balaban J connectivity index is 2.48. The lowest BCUT2D eigenvalue weighted by molar-refractivity contribution is 0.0696. The van der Waals surface area contributed by atoms with Crippen molar-refractivity contribution in [2.24, 2.45) is 0 Å². The molecule has 2 rings (SSSR count). The SMILES string of the molecule is CS(=O)(=O)c1cnn(-c2ccc(C(=O)O)cc2F)c1. The van der Waals surface area contributed by atoms with Gasteiger partial charge in [0.05, 0.1) is 11.8 Å². The van der Waals surface area contributed by atoms with Crippen LogP contribution >= 0.6 is 0 Å². The molecule has 0 fully saturated rings. The summed E-state index contributed by atoms with van der Waals surface area (Å²) < 4.78 is 37.3. The summed E-state index contributed by atoms with van der Waals surface area (Å²) in [6.45, 7) is 0. The first-order valence-corrected chi connectivity index (χ1v) is 6.96. The van der Waals surface area contributed by atoms with Gasteiger partial charge in [0, 0.05) is 12.5 Å². The van der Waals surface area contributed by atoms with E-state index in [0.717, 1.165) is 29.4 Å². The van der Waals surface area contributed by atoms with Gasteiger partial charge < -0.3 is 5.11 Å². The number of hydrogen-bond donors (Lipinski definition) is 1. The number of carbonyl (C=O) groups is 1. The van der Waals surface area contributed by atoms with Crippen molar-refractivity contribution in [2.45, 2.75) is 4.90 Å². The van der Waals surface area contributed by atoms with Crippen molar-refractivity contribution in [3.63, 3.8) is 0 Å². The molecule has 0 radical (unpaired) electrons. The highest BCUT2D eigenvalue weighted by Crippen LogP contribution is 2.17. The maximum atomic E-state index is 13.7. The van der Waals surface area contributed by atoms with Crippen LogP contribution in [0.5, 0.6) is 0 Å². The summed E-state index contributed by atoms with van der Waals surface area (Å²) in [7, 11) is -3.42. The van der Waals surface area contributed by atoms with Crippen LogP contribution < -0.4 is 0 Å². The third kappa shape index (κ3) is 2.63. The van der Waals surface area contributed by atoms with Gasteiger partial charge in [-0.05, 0) is 18.2 Å². The average molecular weight is 284 g/mol. The average Bonchev–Trinajstić information content (AvgIpc) is 2.77. The first-order chi connectivity index (χ1) is 8.79. The second kappa shape index (κ2) is 4.47. The number of rotatable bonds is 3. The molecule has 0 atom stereocenters. The van der Waals surface area contributed by atoms with Gasteiger partial charge in [-0.1, -0.05) is 0 Å². The normalized spacial score (nSPS) is 11.5. The Kier molecular flexibility index (Phi) is 3.11. The Hall–Kier alpha value is -2.22. The van der Waals surface area contributed by atoms with Gasteiger partial charge in [-0.15, -0.1) is 0 Å². The summed E-state index contributed by atoms with van der Waals surface area (Å²) in [5.74, 6) is -2.05. The fourth-order valence-corrected chi connectivity index (χ4v) is 1.99. The smallest absolute Gasteiger partial charge is 0.335 e. The van der Waals surface area contributed by atoms with Crippen LogP contribution in [0, 0.1) is 5.82 Å². The zero-order valence-corrected chi connectivity index (χ0v) is 10.6. The first kappa shape index (κ1) is 13.2. The van der Waals surface area contributed by atoms with Crippen LogP contribution in [-0.4, -0.2) is 35.5 Å². The van der Waals surface area contributed by atoms with Crippen LogP contribution in [0.3, 0.4) is 0 Å². The van der Waals surface area contributed by atoms with Gasteiger partial charge >= 0.3 is 5.97 Å². The lowest BCUT2D eigenvalue weighted by Crippen LogP contribution is -2.02. The van der Waals surface area contributed by atoms with Crippen molar-refractivity contribution in [1.82, 2.24) is 9.78 Å². The predicted octanol–water partition coefficient (Wildman–Crippen LogP) is 1.11. The van der Waals surface area contributed by atoms with E-state index >= 15 is 0 Å². The summed E-state index contributed by atoms with van der Waals surface area (Å²) in [5, 5.41) is 12.5. The van der Waals surface area contributed by atoms with E-state index in [4.69, 9.17) is 5.11 Å². The molecule has 0 aliphatic carbocycles. The molecule has 0 saturated carbocycles. The zero-order valence-electron chi connectivity index (χ0n) is 9.74. The van der Waals surface area contributed by atoms with E-state index in [-0.39, 0.29) is 16.1 Å². The van der Waals surface area contributed by atoms with Gasteiger partial charge in [-0.25, -0.2) is 22.3 Å². The highest BCUT2D eigenvalue weighted by Gasteiger charge is 2.14. The van der Waals surface area contributed by atoms with Crippen molar-refractivity contribution >= 4 is 15.8 Å². The second-order valence-corrected chi connectivity index (χ2v) is 5.88. The van der Waals surface area contributed by atoms with E-state index in [0.29, 0.717) is 0 Å². The van der Waals surface area contributed by atoms with Crippen molar-refractivity contribution in [3.8, 4) is 5.69 Å². The maximum absolute atomic E-state index is 13.7. The minimum Gasteiger partial charge on any atom is -0.478 e. The summed E-state index contributed by atoms with van der Waals surface area (Å²) in [6.07, 6.45) is 3.27. The quantitative estimate of drug-likeness (QED) is 0.912. The van der Waals surface area contributed by atoms with Gasteiger partial charge in [0.25, 0.3) is 0 Å². The molecule has 19 heavy (non-hydrogen) atoms. The molecule has 0 aliphatic rings. The van der Waals surface area contributed by atoms with Crippen molar-refractivity contribution in [3.05, 3.63) is 42.0 Å². The van der Waals surface area contributed by atoms with E-state index in [1.807, 2.05) is 0 Å². The number of halogens is 1. The molecule has 0 aliphatic heterocycles. The number of hydrogen-bond acceptors (Lipinski definition) is 4. The van der Waals surface area contributed by atoms with Crippen LogP contribution in [0.25, 0.3) is 5.69 Å². The van der Waals surface area contributed by atoms with Crippen molar-refractivity contribution in [1.29, 1.82) is 0 Å². The summed E-state index contributed by atoms with van der Waals surface area (Å²) in [5.41, 5.74) is -0.225. The van der Waals surface area contributed by atoms with Crippen LogP contribution in [0.4, 0.5) is 4.39 Å². The lowest BCUT2D eigenvalue weighted by atomic mass is 10.2. The topological polar surface area (TPSA) is 89.3 Å². The van der Waals surface area contributed by atoms with E-state index in [2.05, 4.69) is 5.10 Å². The monoisotopic (exact) mass is 284 g/mol. The molecule has 2 aromatic rings. The number of aromatic carboxylic acids is 1. The van der Waals surface area contributed by atoms with Gasteiger partial charge in [0.15, 0.2) is 9.84 Å².